The van der Waals surface area contributed by atoms with Crippen molar-refractivity contribution in [2.45, 2.75) is 38.3 Å². The molecule has 1 amide bonds. The Morgan fingerprint density at radius 1 is 1.29 bits per heavy atom. The van der Waals surface area contributed by atoms with Crippen molar-refractivity contribution in [2.24, 2.45) is 0 Å². The summed E-state index contributed by atoms with van der Waals surface area (Å²) in [5, 5.41) is 4.49. The van der Waals surface area contributed by atoms with Crippen LogP contribution in [0.5, 0.6) is 0 Å². The van der Waals surface area contributed by atoms with Crippen LogP contribution in [0.3, 0.4) is 0 Å². The van der Waals surface area contributed by atoms with Gasteiger partial charge in [0.1, 0.15) is 11.3 Å². The third-order valence-electron chi connectivity index (χ3n) is 5.64. The summed E-state index contributed by atoms with van der Waals surface area (Å²) in [4.78, 5) is 26.2. The molecule has 8 heteroatoms. The molecule has 4 aromatic rings. The summed E-state index contributed by atoms with van der Waals surface area (Å²) in [5.41, 5.74) is 3.24. The fourth-order valence-electron chi connectivity index (χ4n) is 4.31. The number of amides is 1. The normalized spacial score (nSPS) is 19.0. The summed E-state index contributed by atoms with van der Waals surface area (Å²) in [6.45, 7) is 2.76. The first-order valence-electron chi connectivity index (χ1n) is 10.3. The SMILES string of the molecule is C[C@@H]1C[C@H](n2c(CC(=O)Nc3cccnc3)nc3cnc4ccc(Cl)cc4c32)CCO1. The lowest BCUT2D eigenvalue weighted by Gasteiger charge is -2.30. The topological polar surface area (TPSA) is 81.9 Å². The smallest absolute Gasteiger partial charge is 0.232 e. The molecule has 31 heavy (non-hydrogen) atoms. The summed E-state index contributed by atoms with van der Waals surface area (Å²) < 4.78 is 7.98. The van der Waals surface area contributed by atoms with Gasteiger partial charge in [-0.25, -0.2) is 4.98 Å². The highest BCUT2D eigenvalue weighted by molar-refractivity contribution is 6.31. The Balaban J connectivity index is 1.61. The first-order valence-corrected chi connectivity index (χ1v) is 10.7. The van der Waals surface area contributed by atoms with Gasteiger partial charge in [-0.05, 0) is 50.1 Å². The Labute approximate surface area is 184 Å². The second-order valence-corrected chi connectivity index (χ2v) is 8.31. The number of fused-ring (bicyclic) bond motifs is 3. The minimum absolute atomic E-state index is 0.139. The first kappa shape index (κ1) is 19.9. The minimum Gasteiger partial charge on any atom is -0.378 e. The van der Waals surface area contributed by atoms with E-state index in [-0.39, 0.29) is 24.5 Å². The van der Waals surface area contributed by atoms with E-state index in [9.17, 15) is 4.79 Å². The number of aromatic nitrogens is 4. The molecule has 0 saturated carbocycles. The first-order chi connectivity index (χ1) is 15.1. The second-order valence-electron chi connectivity index (χ2n) is 7.88. The largest absolute Gasteiger partial charge is 0.378 e. The van der Waals surface area contributed by atoms with Crippen LogP contribution in [0.25, 0.3) is 21.9 Å². The van der Waals surface area contributed by atoms with Crippen LogP contribution in [0.15, 0.2) is 48.9 Å². The van der Waals surface area contributed by atoms with E-state index >= 15 is 0 Å². The summed E-state index contributed by atoms with van der Waals surface area (Å²) in [6, 6.07) is 9.45. The van der Waals surface area contributed by atoms with Crippen LogP contribution in [-0.4, -0.2) is 38.1 Å². The molecule has 1 aliphatic rings. The number of hydrogen-bond donors (Lipinski definition) is 1. The van der Waals surface area contributed by atoms with Gasteiger partial charge in [0.2, 0.25) is 5.91 Å². The molecule has 4 heterocycles. The molecule has 5 rings (SSSR count). The maximum atomic E-state index is 12.8. The lowest BCUT2D eigenvalue weighted by Crippen LogP contribution is -2.27. The average Bonchev–Trinajstić information content (AvgIpc) is 3.12. The number of halogens is 1. The van der Waals surface area contributed by atoms with Gasteiger partial charge < -0.3 is 14.6 Å². The quantitative estimate of drug-likeness (QED) is 0.508. The Kier molecular flexibility index (Phi) is 5.29. The summed E-state index contributed by atoms with van der Waals surface area (Å²) in [6.07, 6.45) is 7.07. The summed E-state index contributed by atoms with van der Waals surface area (Å²) in [7, 11) is 0. The molecular weight excluding hydrogens is 414 g/mol. The molecule has 0 spiro atoms. The zero-order chi connectivity index (χ0) is 21.4. The number of imidazole rings is 1. The maximum Gasteiger partial charge on any atom is 0.232 e. The number of anilines is 1. The van der Waals surface area contributed by atoms with E-state index in [1.807, 2.05) is 24.3 Å². The van der Waals surface area contributed by atoms with Crippen molar-refractivity contribution in [3.05, 3.63) is 59.8 Å². The van der Waals surface area contributed by atoms with Crippen molar-refractivity contribution in [3.63, 3.8) is 0 Å². The van der Waals surface area contributed by atoms with Gasteiger partial charge in [-0.3, -0.25) is 14.8 Å². The van der Waals surface area contributed by atoms with E-state index in [2.05, 4.69) is 26.8 Å². The minimum atomic E-state index is -0.139. The van der Waals surface area contributed by atoms with Gasteiger partial charge in [0.15, 0.2) is 0 Å². The molecule has 0 radical (unpaired) electrons. The van der Waals surface area contributed by atoms with Crippen molar-refractivity contribution in [2.75, 3.05) is 11.9 Å². The zero-order valence-corrected chi connectivity index (χ0v) is 17.8. The van der Waals surface area contributed by atoms with Crippen LogP contribution < -0.4 is 5.32 Å². The van der Waals surface area contributed by atoms with Gasteiger partial charge in [0.25, 0.3) is 0 Å². The van der Waals surface area contributed by atoms with Gasteiger partial charge in [-0.2, -0.15) is 0 Å². The molecule has 1 fully saturated rings. The van der Waals surface area contributed by atoms with Gasteiger partial charge >= 0.3 is 0 Å². The molecule has 0 unspecified atom stereocenters. The van der Waals surface area contributed by atoms with Crippen molar-refractivity contribution < 1.29 is 9.53 Å². The van der Waals surface area contributed by atoms with Gasteiger partial charge in [0, 0.05) is 29.3 Å². The van der Waals surface area contributed by atoms with Crippen LogP contribution in [0.4, 0.5) is 5.69 Å². The van der Waals surface area contributed by atoms with E-state index < -0.39 is 0 Å². The summed E-state index contributed by atoms with van der Waals surface area (Å²) in [5.74, 6) is 0.574. The Morgan fingerprint density at radius 3 is 3.00 bits per heavy atom. The van der Waals surface area contributed by atoms with Gasteiger partial charge in [-0.15, -0.1) is 0 Å². The van der Waals surface area contributed by atoms with Gasteiger partial charge in [-0.1, -0.05) is 11.6 Å². The monoisotopic (exact) mass is 435 g/mol. The summed E-state index contributed by atoms with van der Waals surface area (Å²) >= 11 is 6.31. The Morgan fingerprint density at radius 2 is 2.19 bits per heavy atom. The molecule has 3 aromatic heterocycles. The lowest BCUT2D eigenvalue weighted by atomic mass is 10.0. The van der Waals surface area contributed by atoms with Crippen LogP contribution in [0.2, 0.25) is 5.02 Å². The second kappa shape index (κ2) is 8.24. The molecule has 0 bridgehead atoms. The fraction of sp³-hybridized carbons (Fsp3) is 0.304. The van der Waals surface area contributed by atoms with E-state index in [1.54, 1.807) is 24.7 Å². The predicted molar refractivity (Wildman–Crippen MR) is 120 cm³/mol. The third-order valence-corrected chi connectivity index (χ3v) is 5.87. The number of pyridine rings is 2. The molecule has 7 nitrogen and oxygen atoms in total. The number of nitrogens with zero attached hydrogens (tertiary/aromatic N) is 4. The molecule has 2 atom stereocenters. The molecule has 158 valence electrons. The Hall–Kier alpha value is -3.03. The number of rotatable bonds is 4. The number of benzene rings is 1. The molecule has 0 aliphatic carbocycles. The third kappa shape index (κ3) is 3.98. The molecule has 1 aliphatic heterocycles. The Bertz CT molecular complexity index is 1260. The maximum absolute atomic E-state index is 12.8. The van der Waals surface area contributed by atoms with Crippen LogP contribution in [-0.2, 0) is 16.0 Å². The van der Waals surface area contributed by atoms with Gasteiger partial charge in [0.05, 0.1) is 41.6 Å². The zero-order valence-electron chi connectivity index (χ0n) is 17.1. The molecule has 1 aromatic carbocycles. The van der Waals surface area contributed by atoms with E-state index in [0.717, 1.165) is 34.8 Å². The van der Waals surface area contributed by atoms with Crippen LogP contribution in [0.1, 0.15) is 31.6 Å². The van der Waals surface area contributed by atoms with E-state index in [1.165, 1.54) is 0 Å². The highest BCUT2D eigenvalue weighted by atomic mass is 35.5. The van der Waals surface area contributed by atoms with Crippen molar-refractivity contribution in [1.82, 2.24) is 19.5 Å². The molecule has 1 saturated heterocycles. The fourth-order valence-corrected chi connectivity index (χ4v) is 4.48. The van der Waals surface area contributed by atoms with Crippen molar-refractivity contribution in [1.29, 1.82) is 0 Å². The molecule has 1 N–H and O–H groups in total. The number of hydrogen-bond acceptors (Lipinski definition) is 5. The molecular formula is C23H22ClN5O2. The highest BCUT2D eigenvalue weighted by Crippen LogP contribution is 2.34. The number of carbonyl (C=O) groups is 1. The highest BCUT2D eigenvalue weighted by Gasteiger charge is 2.27. The van der Waals surface area contributed by atoms with E-state index in [4.69, 9.17) is 21.3 Å². The standard InChI is InChI=1S/C23H22ClN5O2/c1-14-9-17(6-8-31-14)29-21(11-22(30)27-16-3-2-7-25-12-16)28-20-13-26-19-5-4-15(24)10-18(19)23(20)29/h2-5,7,10,12-14,17H,6,8-9,11H2,1H3,(H,27,30)/t14-,17-/m1/s1. The van der Waals surface area contributed by atoms with Crippen LogP contribution in [0, 0.1) is 0 Å². The van der Waals surface area contributed by atoms with Crippen LogP contribution >= 0.6 is 11.6 Å². The lowest BCUT2D eigenvalue weighted by molar-refractivity contribution is -0.115. The predicted octanol–water partition coefficient (Wildman–Crippen LogP) is 4.55. The number of ether oxygens (including phenoxy) is 1. The number of nitrogens with one attached hydrogen (secondary N) is 1. The van der Waals surface area contributed by atoms with Crippen molar-refractivity contribution >= 4 is 45.1 Å². The average molecular weight is 436 g/mol. The van der Waals surface area contributed by atoms with Crippen molar-refractivity contribution in [3.8, 4) is 0 Å². The van der Waals surface area contributed by atoms with E-state index in [0.29, 0.717) is 23.1 Å². The number of carbonyl (C=O) groups excluding carboxylic acids is 1.